The third-order valence-corrected chi connectivity index (χ3v) is 4.04. The SMILES string of the molecule is COc1ccc(C(=O)N2CCCCCC2CN)cc1OC. The van der Waals surface area contributed by atoms with Gasteiger partial charge in [-0.25, -0.2) is 0 Å². The van der Waals surface area contributed by atoms with Crippen LogP contribution in [0.2, 0.25) is 0 Å². The zero-order chi connectivity index (χ0) is 15.2. The van der Waals surface area contributed by atoms with Gasteiger partial charge in [-0.1, -0.05) is 12.8 Å². The smallest absolute Gasteiger partial charge is 0.254 e. The summed E-state index contributed by atoms with van der Waals surface area (Å²) >= 11 is 0. The van der Waals surface area contributed by atoms with Gasteiger partial charge in [0.05, 0.1) is 14.2 Å². The predicted molar refractivity (Wildman–Crippen MR) is 81.9 cm³/mol. The molecular formula is C16H24N2O3. The molecule has 5 heteroatoms. The fourth-order valence-electron chi connectivity index (χ4n) is 2.82. The number of carbonyl (C=O) groups excluding carboxylic acids is 1. The Balaban J connectivity index is 2.25. The van der Waals surface area contributed by atoms with E-state index in [1.807, 2.05) is 4.90 Å². The van der Waals surface area contributed by atoms with Gasteiger partial charge in [-0.2, -0.15) is 0 Å². The predicted octanol–water partition coefficient (Wildman–Crippen LogP) is 2.05. The summed E-state index contributed by atoms with van der Waals surface area (Å²) in [5, 5.41) is 0. The van der Waals surface area contributed by atoms with Crippen LogP contribution in [0.1, 0.15) is 36.0 Å². The van der Waals surface area contributed by atoms with Crippen LogP contribution in [0.5, 0.6) is 11.5 Å². The molecule has 2 N–H and O–H groups in total. The van der Waals surface area contributed by atoms with Crippen LogP contribution in [-0.2, 0) is 0 Å². The maximum atomic E-state index is 12.8. The topological polar surface area (TPSA) is 64.8 Å². The van der Waals surface area contributed by atoms with Crippen LogP contribution in [-0.4, -0.2) is 44.2 Å². The molecule has 0 spiro atoms. The van der Waals surface area contributed by atoms with Gasteiger partial charge in [-0.05, 0) is 31.0 Å². The van der Waals surface area contributed by atoms with Crippen LogP contribution in [0, 0.1) is 0 Å². The zero-order valence-corrected chi connectivity index (χ0v) is 12.8. The van der Waals surface area contributed by atoms with Crippen molar-refractivity contribution in [2.24, 2.45) is 5.73 Å². The standard InChI is InChI=1S/C16H24N2O3/c1-20-14-8-7-12(10-15(14)21-2)16(19)18-9-5-3-4-6-13(18)11-17/h7-8,10,13H,3-6,9,11,17H2,1-2H3. The van der Waals surface area contributed by atoms with Gasteiger partial charge in [0, 0.05) is 24.7 Å². The molecule has 1 aliphatic heterocycles. The lowest BCUT2D eigenvalue weighted by molar-refractivity contribution is 0.0688. The Morgan fingerprint density at radius 3 is 2.67 bits per heavy atom. The molecule has 2 rings (SSSR count). The minimum absolute atomic E-state index is 0.0216. The van der Waals surface area contributed by atoms with Gasteiger partial charge in [0.1, 0.15) is 0 Å². The van der Waals surface area contributed by atoms with Crippen LogP contribution >= 0.6 is 0 Å². The maximum absolute atomic E-state index is 12.8. The molecule has 116 valence electrons. The highest BCUT2D eigenvalue weighted by Crippen LogP contribution is 2.29. The van der Waals surface area contributed by atoms with Crippen LogP contribution in [0.25, 0.3) is 0 Å². The first-order valence-corrected chi connectivity index (χ1v) is 7.44. The lowest BCUT2D eigenvalue weighted by Gasteiger charge is -2.29. The van der Waals surface area contributed by atoms with E-state index < -0.39 is 0 Å². The Kier molecular flexibility index (Phi) is 5.44. The van der Waals surface area contributed by atoms with Crippen molar-refractivity contribution in [2.75, 3.05) is 27.3 Å². The van der Waals surface area contributed by atoms with Crippen molar-refractivity contribution >= 4 is 5.91 Å². The normalized spacial score (nSPS) is 19.0. The molecule has 1 aliphatic rings. The minimum Gasteiger partial charge on any atom is -0.493 e. The summed E-state index contributed by atoms with van der Waals surface area (Å²) < 4.78 is 10.5. The average Bonchev–Trinajstić information content (AvgIpc) is 2.78. The van der Waals surface area contributed by atoms with E-state index in [9.17, 15) is 4.79 Å². The van der Waals surface area contributed by atoms with E-state index in [-0.39, 0.29) is 11.9 Å². The van der Waals surface area contributed by atoms with Gasteiger partial charge in [0.2, 0.25) is 0 Å². The van der Waals surface area contributed by atoms with Crippen LogP contribution in [0.3, 0.4) is 0 Å². The molecule has 21 heavy (non-hydrogen) atoms. The Labute approximate surface area is 126 Å². The number of hydrogen-bond donors (Lipinski definition) is 1. The average molecular weight is 292 g/mol. The van der Waals surface area contributed by atoms with E-state index >= 15 is 0 Å². The second kappa shape index (κ2) is 7.31. The van der Waals surface area contributed by atoms with Crippen molar-refractivity contribution in [2.45, 2.75) is 31.7 Å². The number of rotatable bonds is 4. The fraction of sp³-hybridized carbons (Fsp3) is 0.562. The highest BCUT2D eigenvalue weighted by molar-refractivity contribution is 5.95. The van der Waals surface area contributed by atoms with E-state index in [2.05, 4.69) is 0 Å². The number of benzene rings is 1. The van der Waals surface area contributed by atoms with Gasteiger partial charge in [0.15, 0.2) is 11.5 Å². The van der Waals surface area contributed by atoms with E-state index in [4.69, 9.17) is 15.2 Å². The molecule has 1 saturated heterocycles. The number of ether oxygens (including phenoxy) is 2. The summed E-state index contributed by atoms with van der Waals surface area (Å²) in [6.45, 7) is 1.29. The van der Waals surface area contributed by atoms with Crippen molar-refractivity contribution in [3.8, 4) is 11.5 Å². The molecule has 1 aromatic rings. The molecule has 1 heterocycles. The van der Waals surface area contributed by atoms with E-state index in [0.29, 0.717) is 23.6 Å². The lowest BCUT2D eigenvalue weighted by atomic mass is 10.1. The van der Waals surface area contributed by atoms with Crippen molar-refractivity contribution in [3.05, 3.63) is 23.8 Å². The Morgan fingerprint density at radius 2 is 2.00 bits per heavy atom. The Morgan fingerprint density at radius 1 is 1.24 bits per heavy atom. The molecular weight excluding hydrogens is 268 g/mol. The highest BCUT2D eigenvalue weighted by Gasteiger charge is 2.25. The number of methoxy groups -OCH3 is 2. The number of likely N-dealkylation sites (tertiary alicyclic amines) is 1. The number of nitrogens with two attached hydrogens (primary N) is 1. The van der Waals surface area contributed by atoms with E-state index in [0.717, 1.165) is 32.2 Å². The Hall–Kier alpha value is -1.75. The molecule has 1 atom stereocenters. The first kappa shape index (κ1) is 15.6. The summed E-state index contributed by atoms with van der Waals surface area (Å²) in [7, 11) is 3.15. The summed E-state index contributed by atoms with van der Waals surface area (Å²) in [6.07, 6.45) is 4.31. The van der Waals surface area contributed by atoms with E-state index in [1.165, 1.54) is 0 Å². The van der Waals surface area contributed by atoms with Crippen molar-refractivity contribution in [1.29, 1.82) is 0 Å². The van der Waals surface area contributed by atoms with Crippen LogP contribution in [0.4, 0.5) is 0 Å². The first-order valence-electron chi connectivity index (χ1n) is 7.44. The molecule has 0 saturated carbocycles. The molecule has 1 aromatic carbocycles. The van der Waals surface area contributed by atoms with Gasteiger partial charge in [-0.3, -0.25) is 4.79 Å². The number of amides is 1. The zero-order valence-electron chi connectivity index (χ0n) is 12.8. The maximum Gasteiger partial charge on any atom is 0.254 e. The summed E-state index contributed by atoms with van der Waals surface area (Å²) in [4.78, 5) is 14.7. The van der Waals surface area contributed by atoms with Crippen molar-refractivity contribution < 1.29 is 14.3 Å². The molecule has 0 radical (unpaired) electrons. The monoisotopic (exact) mass is 292 g/mol. The van der Waals surface area contributed by atoms with Gasteiger partial charge < -0.3 is 20.1 Å². The van der Waals surface area contributed by atoms with Gasteiger partial charge in [0.25, 0.3) is 5.91 Å². The largest absolute Gasteiger partial charge is 0.493 e. The second-order valence-corrected chi connectivity index (χ2v) is 5.31. The van der Waals surface area contributed by atoms with Crippen LogP contribution < -0.4 is 15.2 Å². The Bertz CT molecular complexity index is 490. The molecule has 5 nitrogen and oxygen atoms in total. The third-order valence-electron chi connectivity index (χ3n) is 4.04. The first-order chi connectivity index (χ1) is 10.2. The van der Waals surface area contributed by atoms with Crippen molar-refractivity contribution in [3.63, 3.8) is 0 Å². The molecule has 1 amide bonds. The molecule has 0 aliphatic carbocycles. The van der Waals surface area contributed by atoms with Crippen molar-refractivity contribution in [1.82, 2.24) is 4.90 Å². The quantitative estimate of drug-likeness (QED) is 0.922. The van der Waals surface area contributed by atoms with Gasteiger partial charge in [-0.15, -0.1) is 0 Å². The molecule has 0 bridgehead atoms. The summed E-state index contributed by atoms with van der Waals surface area (Å²) in [6, 6.07) is 5.41. The molecule has 1 unspecified atom stereocenters. The molecule has 1 fully saturated rings. The number of nitrogens with zero attached hydrogens (tertiary/aromatic N) is 1. The van der Waals surface area contributed by atoms with E-state index in [1.54, 1.807) is 32.4 Å². The number of hydrogen-bond acceptors (Lipinski definition) is 4. The van der Waals surface area contributed by atoms with Crippen LogP contribution in [0.15, 0.2) is 18.2 Å². The third kappa shape index (κ3) is 3.47. The second-order valence-electron chi connectivity index (χ2n) is 5.31. The molecule has 0 aromatic heterocycles. The van der Waals surface area contributed by atoms with Gasteiger partial charge >= 0.3 is 0 Å². The fourth-order valence-corrected chi connectivity index (χ4v) is 2.82. The lowest BCUT2D eigenvalue weighted by Crippen LogP contribution is -2.44. The number of carbonyl (C=O) groups is 1. The minimum atomic E-state index is 0.0216. The summed E-state index contributed by atoms with van der Waals surface area (Å²) in [5.41, 5.74) is 6.46. The highest BCUT2D eigenvalue weighted by atomic mass is 16.5. The summed E-state index contributed by atoms with van der Waals surface area (Å²) in [5.74, 6) is 1.22.